The lowest BCUT2D eigenvalue weighted by Gasteiger charge is -2.21. The summed E-state index contributed by atoms with van der Waals surface area (Å²) in [5, 5.41) is 5.90. The van der Waals surface area contributed by atoms with Gasteiger partial charge in [0.2, 0.25) is 0 Å². The van der Waals surface area contributed by atoms with E-state index < -0.39 is 5.60 Å². The molecule has 0 aromatic heterocycles. The van der Waals surface area contributed by atoms with Crippen LogP contribution in [0.4, 0.5) is 0 Å². The van der Waals surface area contributed by atoms with Crippen LogP contribution < -0.4 is 10.6 Å². The van der Waals surface area contributed by atoms with Crippen molar-refractivity contribution >= 4 is 23.4 Å². The predicted octanol–water partition coefficient (Wildman–Crippen LogP) is 1.76. The Balaban J connectivity index is 1.74. The molecule has 0 aliphatic carbocycles. The molecular formula is C15H19ClN2O3. The molecule has 0 spiro atoms. The van der Waals surface area contributed by atoms with Gasteiger partial charge < -0.3 is 15.4 Å². The van der Waals surface area contributed by atoms with E-state index in [0.717, 1.165) is 12.8 Å². The lowest BCUT2D eigenvalue weighted by atomic mass is 10.0. The standard InChI is InChI=1S/C15H19ClN2O3/c1-15(7-4-10-21-15)14(20)18-9-8-17-13(19)11-5-2-3-6-12(11)16/h2-3,5-6H,4,7-10H2,1H3,(H,17,19)(H,18,20)/t15-/m0/s1. The summed E-state index contributed by atoms with van der Waals surface area (Å²) >= 11 is 5.94. The Hall–Kier alpha value is -1.59. The summed E-state index contributed by atoms with van der Waals surface area (Å²) in [6.45, 7) is 3.10. The van der Waals surface area contributed by atoms with Gasteiger partial charge in [0.25, 0.3) is 11.8 Å². The second kappa shape index (κ2) is 6.91. The van der Waals surface area contributed by atoms with Crippen molar-refractivity contribution in [2.75, 3.05) is 19.7 Å². The Kier molecular flexibility index (Phi) is 5.20. The second-order valence-electron chi connectivity index (χ2n) is 5.17. The third-order valence-electron chi connectivity index (χ3n) is 3.51. The van der Waals surface area contributed by atoms with E-state index in [0.29, 0.717) is 30.3 Å². The average Bonchev–Trinajstić information content (AvgIpc) is 2.92. The summed E-state index contributed by atoms with van der Waals surface area (Å²) in [6.07, 6.45) is 1.62. The van der Waals surface area contributed by atoms with Gasteiger partial charge in [0.1, 0.15) is 5.60 Å². The van der Waals surface area contributed by atoms with E-state index in [9.17, 15) is 9.59 Å². The van der Waals surface area contributed by atoms with Crippen LogP contribution in [-0.4, -0.2) is 37.1 Å². The third kappa shape index (κ3) is 3.95. The molecule has 1 aromatic carbocycles. The monoisotopic (exact) mass is 310 g/mol. The Labute approximate surface area is 129 Å². The third-order valence-corrected chi connectivity index (χ3v) is 3.84. The average molecular weight is 311 g/mol. The Morgan fingerprint density at radius 1 is 1.29 bits per heavy atom. The van der Waals surface area contributed by atoms with E-state index in [4.69, 9.17) is 16.3 Å². The van der Waals surface area contributed by atoms with Crippen molar-refractivity contribution in [3.63, 3.8) is 0 Å². The summed E-state index contributed by atoms with van der Waals surface area (Å²) in [5.74, 6) is -0.384. The second-order valence-corrected chi connectivity index (χ2v) is 5.58. The number of carbonyl (C=O) groups excluding carboxylic acids is 2. The number of hydrogen-bond acceptors (Lipinski definition) is 3. The number of ether oxygens (including phenoxy) is 1. The first-order valence-corrected chi connectivity index (χ1v) is 7.36. The van der Waals surface area contributed by atoms with Crippen molar-refractivity contribution in [3.8, 4) is 0 Å². The molecule has 21 heavy (non-hydrogen) atoms. The van der Waals surface area contributed by atoms with Crippen LogP contribution in [0.3, 0.4) is 0 Å². The molecule has 0 radical (unpaired) electrons. The lowest BCUT2D eigenvalue weighted by Crippen LogP contribution is -2.46. The number of halogens is 1. The highest BCUT2D eigenvalue weighted by Crippen LogP contribution is 2.24. The van der Waals surface area contributed by atoms with Crippen molar-refractivity contribution in [1.82, 2.24) is 10.6 Å². The van der Waals surface area contributed by atoms with E-state index in [2.05, 4.69) is 10.6 Å². The summed E-state index contributed by atoms with van der Waals surface area (Å²) in [5.41, 5.74) is -0.302. The zero-order valence-corrected chi connectivity index (χ0v) is 12.7. The Morgan fingerprint density at radius 3 is 2.67 bits per heavy atom. The molecule has 1 aromatic rings. The molecule has 2 rings (SSSR count). The van der Waals surface area contributed by atoms with Crippen molar-refractivity contribution in [2.24, 2.45) is 0 Å². The fourth-order valence-electron chi connectivity index (χ4n) is 2.24. The van der Waals surface area contributed by atoms with Crippen molar-refractivity contribution in [3.05, 3.63) is 34.9 Å². The zero-order valence-electron chi connectivity index (χ0n) is 11.9. The van der Waals surface area contributed by atoms with E-state index in [1.165, 1.54) is 0 Å². The van der Waals surface area contributed by atoms with Crippen LogP contribution in [0.5, 0.6) is 0 Å². The van der Waals surface area contributed by atoms with Gasteiger partial charge in [-0.3, -0.25) is 9.59 Å². The number of nitrogens with one attached hydrogen (secondary N) is 2. The fraction of sp³-hybridized carbons (Fsp3) is 0.467. The normalized spacial score (nSPS) is 21.0. The Morgan fingerprint density at radius 2 is 2.00 bits per heavy atom. The number of carbonyl (C=O) groups is 2. The van der Waals surface area contributed by atoms with Crippen molar-refractivity contribution in [1.29, 1.82) is 0 Å². The van der Waals surface area contributed by atoms with Crippen molar-refractivity contribution < 1.29 is 14.3 Å². The summed E-state index contributed by atoms with van der Waals surface area (Å²) in [4.78, 5) is 23.9. The molecule has 5 nitrogen and oxygen atoms in total. The van der Waals surface area contributed by atoms with E-state index >= 15 is 0 Å². The minimum absolute atomic E-state index is 0.132. The van der Waals surface area contributed by atoms with Gasteiger partial charge in [-0.1, -0.05) is 23.7 Å². The molecule has 1 aliphatic rings. The molecule has 1 fully saturated rings. The molecular weight excluding hydrogens is 292 g/mol. The zero-order chi connectivity index (χ0) is 15.3. The molecule has 2 amide bonds. The molecule has 0 bridgehead atoms. The SMILES string of the molecule is C[C@@]1(C(=O)NCCNC(=O)c2ccccc2Cl)CCCO1. The highest BCUT2D eigenvalue weighted by molar-refractivity contribution is 6.33. The van der Waals surface area contributed by atoms with Gasteiger partial charge in [-0.25, -0.2) is 0 Å². The van der Waals surface area contributed by atoms with Crippen LogP contribution in [0.15, 0.2) is 24.3 Å². The first-order chi connectivity index (χ1) is 10.0. The molecule has 0 saturated carbocycles. The molecule has 0 unspecified atom stereocenters. The first-order valence-electron chi connectivity index (χ1n) is 6.98. The molecule has 1 heterocycles. The molecule has 6 heteroatoms. The van der Waals surface area contributed by atoms with Crippen LogP contribution in [0.25, 0.3) is 0 Å². The Bertz CT molecular complexity index is 527. The van der Waals surface area contributed by atoms with Crippen LogP contribution in [0.1, 0.15) is 30.1 Å². The largest absolute Gasteiger partial charge is 0.365 e. The predicted molar refractivity (Wildman–Crippen MR) is 80.4 cm³/mol. The van der Waals surface area contributed by atoms with Gasteiger partial charge in [0.05, 0.1) is 10.6 Å². The van der Waals surface area contributed by atoms with Crippen LogP contribution in [-0.2, 0) is 9.53 Å². The highest BCUT2D eigenvalue weighted by atomic mass is 35.5. The maximum atomic E-state index is 12.0. The molecule has 114 valence electrons. The van der Waals surface area contributed by atoms with Gasteiger partial charge in [-0.15, -0.1) is 0 Å². The molecule has 1 atom stereocenters. The van der Waals surface area contributed by atoms with Gasteiger partial charge in [0.15, 0.2) is 0 Å². The molecule has 1 aliphatic heterocycles. The van der Waals surface area contributed by atoms with Gasteiger partial charge in [-0.05, 0) is 31.9 Å². The lowest BCUT2D eigenvalue weighted by molar-refractivity contribution is -0.139. The summed E-state index contributed by atoms with van der Waals surface area (Å²) in [7, 11) is 0. The quantitative estimate of drug-likeness (QED) is 0.814. The van der Waals surface area contributed by atoms with Gasteiger partial charge in [0, 0.05) is 19.7 Å². The number of hydrogen-bond donors (Lipinski definition) is 2. The minimum atomic E-state index is -0.729. The summed E-state index contributed by atoms with van der Waals surface area (Å²) < 4.78 is 5.45. The maximum absolute atomic E-state index is 12.0. The molecule has 1 saturated heterocycles. The van der Waals surface area contributed by atoms with Gasteiger partial charge >= 0.3 is 0 Å². The van der Waals surface area contributed by atoms with Crippen molar-refractivity contribution in [2.45, 2.75) is 25.4 Å². The van der Waals surface area contributed by atoms with Gasteiger partial charge in [-0.2, -0.15) is 0 Å². The van der Waals surface area contributed by atoms with Crippen LogP contribution >= 0.6 is 11.6 Å². The minimum Gasteiger partial charge on any atom is -0.365 e. The topological polar surface area (TPSA) is 67.4 Å². The first kappa shape index (κ1) is 15.8. The van der Waals surface area contributed by atoms with Crippen LogP contribution in [0, 0.1) is 0 Å². The summed E-state index contributed by atoms with van der Waals surface area (Å²) in [6, 6.07) is 6.84. The smallest absolute Gasteiger partial charge is 0.252 e. The fourth-order valence-corrected chi connectivity index (χ4v) is 2.46. The van der Waals surface area contributed by atoms with E-state index in [1.54, 1.807) is 31.2 Å². The maximum Gasteiger partial charge on any atom is 0.252 e. The van der Waals surface area contributed by atoms with E-state index in [1.807, 2.05) is 0 Å². The highest BCUT2D eigenvalue weighted by Gasteiger charge is 2.37. The van der Waals surface area contributed by atoms with Crippen LogP contribution in [0.2, 0.25) is 5.02 Å². The molecule has 2 N–H and O–H groups in total. The number of rotatable bonds is 5. The number of amides is 2. The number of benzene rings is 1. The van der Waals surface area contributed by atoms with E-state index in [-0.39, 0.29) is 11.8 Å².